The molecule has 1 unspecified atom stereocenters. The second-order valence-electron chi connectivity index (χ2n) is 4.63. The number of likely N-dealkylation sites (N-methyl/N-ethyl adjacent to an activating group) is 1. The minimum Gasteiger partial charge on any atom is -0.478 e. The highest BCUT2D eigenvalue weighted by Crippen LogP contribution is 2.33. The van der Waals surface area contributed by atoms with Crippen molar-refractivity contribution in [2.24, 2.45) is 0 Å². The van der Waals surface area contributed by atoms with E-state index >= 15 is 0 Å². The van der Waals surface area contributed by atoms with E-state index in [4.69, 9.17) is 4.74 Å². The van der Waals surface area contributed by atoms with Crippen LogP contribution in [-0.4, -0.2) is 37.4 Å². The first kappa shape index (κ1) is 17.3. The van der Waals surface area contributed by atoms with E-state index in [1.165, 1.54) is 13.2 Å². The van der Waals surface area contributed by atoms with Crippen molar-refractivity contribution >= 4 is 11.7 Å². The van der Waals surface area contributed by atoms with Crippen molar-refractivity contribution in [2.75, 3.05) is 25.2 Å². The summed E-state index contributed by atoms with van der Waals surface area (Å²) in [5, 5.41) is 9.19. The fourth-order valence-electron chi connectivity index (χ4n) is 2.18. The average Bonchev–Trinajstić information content (AvgIpc) is 2.38. The zero-order valence-electron chi connectivity index (χ0n) is 12.1. The normalized spacial score (nSPS) is 13.0. The van der Waals surface area contributed by atoms with Gasteiger partial charge in [0.1, 0.15) is 0 Å². The lowest BCUT2D eigenvalue weighted by atomic mass is 10.1. The molecule has 0 amide bonds. The van der Waals surface area contributed by atoms with Crippen LogP contribution in [0.4, 0.5) is 18.9 Å². The Labute approximate surface area is 121 Å². The van der Waals surface area contributed by atoms with Gasteiger partial charge in [0.25, 0.3) is 0 Å². The van der Waals surface area contributed by atoms with Gasteiger partial charge in [0.05, 0.1) is 23.4 Å². The number of carboxylic acids is 1. The molecule has 21 heavy (non-hydrogen) atoms. The third-order valence-corrected chi connectivity index (χ3v) is 3.14. The first-order valence-corrected chi connectivity index (χ1v) is 6.42. The molecular weight excluding hydrogens is 287 g/mol. The number of rotatable bonds is 6. The summed E-state index contributed by atoms with van der Waals surface area (Å²) in [6, 6.07) is 2.60. The summed E-state index contributed by atoms with van der Waals surface area (Å²) in [5.41, 5.74) is -1.09. The molecule has 1 N–H and O–H groups in total. The number of nitrogens with zero attached hydrogens (tertiary/aromatic N) is 1. The number of carbonyl (C=O) groups is 1. The maximum absolute atomic E-state index is 12.7. The Balaban J connectivity index is 3.31. The summed E-state index contributed by atoms with van der Waals surface area (Å²) in [7, 11) is 1.51. The molecule has 0 saturated heterocycles. The molecule has 1 aromatic carbocycles. The number of alkyl halides is 3. The van der Waals surface area contributed by atoms with E-state index in [2.05, 4.69) is 0 Å². The van der Waals surface area contributed by atoms with Crippen molar-refractivity contribution in [3.8, 4) is 0 Å². The van der Waals surface area contributed by atoms with Crippen LogP contribution in [0.5, 0.6) is 0 Å². The minimum atomic E-state index is -4.57. The van der Waals surface area contributed by atoms with Crippen LogP contribution in [0.15, 0.2) is 18.2 Å². The molecule has 0 aliphatic heterocycles. The molecule has 0 spiro atoms. The van der Waals surface area contributed by atoms with E-state index in [0.717, 1.165) is 6.07 Å². The van der Waals surface area contributed by atoms with Gasteiger partial charge in [-0.15, -0.1) is 0 Å². The lowest BCUT2D eigenvalue weighted by Crippen LogP contribution is -2.37. The molecule has 0 radical (unpaired) electrons. The van der Waals surface area contributed by atoms with E-state index in [1.54, 1.807) is 11.8 Å². The lowest BCUT2D eigenvalue weighted by molar-refractivity contribution is -0.137. The Morgan fingerprint density at radius 2 is 2.05 bits per heavy atom. The molecule has 0 heterocycles. The first-order chi connectivity index (χ1) is 9.72. The van der Waals surface area contributed by atoms with Crippen molar-refractivity contribution < 1.29 is 27.8 Å². The van der Waals surface area contributed by atoms with Gasteiger partial charge in [0.2, 0.25) is 0 Å². The van der Waals surface area contributed by atoms with Gasteiger partial charge in [-0.1, -0.05) is 0 Å². The van der Waals surface area contributed by atoms with Crippen LogP contribution in [0.1, 0.15) is 29.8 Å². The molecule has 0 aliphatic rings. The minimum absolute atomic E-state index is 0.158. The van der Waals surface area contributed by atoms with E-state index in [1.807, 2.05) is 6.92 Å². The average molecular weight is 305 g/mol. The standard InChI is InChI=1S/C14H18F3NO3/c1-4-18(9(2)8-21-3)12-6-5-10(14(15,16)17)7-11(12)13(19)20/h5-7,9H,4,8H2,1-3H3,(H,19,20). The van der Waals surface area contributed by atoms with Crippen molar-refractivity contribution in [3.05, 3.63) is 29.3 Å². The molecule has 1 aromatic rings. The predicted octanol–water partition coefficient (Wildman–Crippen LogP) is 3.26. The van der Waals surface area contributed by atoms with Crippen LogP contribution in [0, 0.1) is 0 Å². The van der Waals surface area contributed by atoms with Crippen LogP contribution in [0.3, 0.4) is 0 Å². The molecule has 0 fully saturated rings. The number of carboxylic acid groups (broad SMARTS) is 1. The SMILES string of the molecule is CCN(c1ccc(C(F)(F)F)cc1C(=O)O)C(C)COC. The van der Waals surface area contributed by atoms with E-state index in [0.29, 0.717) is 19.2 Å². The Bertz CT molecular complexity index is 503. The highest BCUT2D eigenvalue weighted by atomic mass is 19.4. The molecule has 0 aliphatic carbocycles. The second kappa shape index (κ2) is 6.80. The van der Waals surface area contributed by atoms with Crippen molar-refractivity contribution in [1.29, 1.82) is 0 Å². The number of aromatic carboxylic acids is 1. The molecule has 0 aromatic heterocycles. The zero-order valence-corrected chi connectivity index (χ0v) is 12.1. The van der Waals surface area contributed by atoms with Gasteiger partial charge in [-0.25, -0.2) is 4.79 Å². The number of anilines is 1. The number of methoxy groups -OCH3 is 1. The van der Waals surface area contributed by atoms with Crippen molar-refractivity contribution in [3.63, 3.8) is 0 Å². The molecule has 118 valence electrons. The predicted molar refractivity (Wildman–Crippen MR) is 72.8 cm³/mol. The summed E-state index contributed by atoms with van der Waals surface area (Å²) in [6.07, 6.45) is -4.57. The number of benzene rings is 1. The monoisotopic (exact) mass is 305 g/mol. The van der Waals surface area contributed by atoms with Gasteiger partial charge in [-0.05, 0) is 32.0 Å². The molecule has 1 rings (SSSR count). The van der Waals surface area contributed by atoms with Crippen LogP contribution in [0.2, 0.25) is 0 Å². The van der Waals surface area contributed by atoms with Crippen LogP contribution < -0.4 is 4.90 Å². The summed E-state index contributed by atoms with van der Waals surface area (Å²) in [6.45, 7) is 4.41. The van der Waals surface area contributed by atoms with Gasteiger partial charge in [0.15, 0.2) is 0 Å². The smallest absolute Gasteiger partial charge is 0.416 e. The fraction of sp³-hybridized carbons (Fsp3) is 0.500. The van der Waals surface area contributed by atoms with E-state index in [-0.39, 0.29) is 17.3 Å². The summed E-state index contributed by atoms with van der Waals surface area (Å²) in [4.78, 5) is 13.0. The van der Waals surface area contributed by atoms with Gasteiger partial charge in [-0.3, -0.25) is 0 Å². The third kappa shape index (κ3) is 4.10. The number of hydrogen-bond donors (Lipinski definition) is 1. The highest BCUT2D eigenvalue weighted by Gasteiger charge is 2.32. The van der Waals surface area contributed by atoms with Crippen molar-refractivity contribution in [2.45, 2.75) is 26.1 Å². The van der Waals surface area contributed by atoms with Gasteiger partial charge in [0, 0.05) is 19.7 Å². The molecule has 0 bridgehead atoms. The Kier molecular flexibility index (Phi) is 5.60. The zero-order chi connectivity index (χ0) is 16.2. The Morgan fingerprint density at radius 1 is 1.43 bits per heavy atom. The van der Waals surface area contributed by atoms with Crippen molar-refractivity contribution in [1.82, 2.24) is 0 Å². The van der Waals surface area contributed by atoms with E-state index in [9.17, 15) is 23.1 Å². The Morgan fingerprint density at radius 3 is 2.48 bits per heavy atom. The van der Waals surface area contributed by atoms with Gasteiger partial charge >= 0.3 is 12.1 Å². The topological polar surface area (TPSA) is 49.8 Å². The van der Waals surface area contributed by atoms with E-state index < -0.39 is 17.7 Å². The maximum atomic E-state index is 12.7. The van der Waals surface area contributed by atoms with Crippen LogP contribution in [0.25, 0.3) is 0 Å². The number of hydrogen-bond acceptors (Lipinski definition) is 3. The second-order valence-corrected chi connectivity index (χ2v) is 4.63. The molecule has 4 nitrogen and oxygen atoms in total. The largest absolute Gasteiger partial charge is 0.478 e. The summed E-state index contributed by atoms with van der Waals surface area (Å²) >= 11 is 0. The first-order valence-electron chi connectivity index (χ1n) is 6.42. The van der Waals surface area contributed by atoms with Gasteiger partial charge < -0.3 is 14.7 Å². The quantitative estimate of drug-likeness (QED) is 0.876. The lowest BCUT2D eigenvalue weighted by Gasteiger charge is -2.31. The molecule has 7 heteroatoms. The van der Waals surface area contributed by atoms with Crippen LogP contribution in [-0.2, 0) is 10.9 Å². The Hall–Kier alpha value is -1.76. The van der Waals surface area contributed by atoms with Gasteiger partial charge in [-0.2, -0.15) is 13.2 Å². The highest BCUT2D eigenvalue weighted by molar-refractivity contribution is 5.94. The molecule has 1 atom stereocenters. The molecule has 0 saturated carbocycles. The third-order valence-electron chi connectivity index (χ3n) is 3.14. The fourth-order valence-corrected chi connectivity index (χ4v) is 2.18. The number of halogens is 3. The maximum Gasteiger partial charge on any atom is 0.416 e. The number of ether oxygens (including phenoxy) is 1. The summed E-state index contributed by atoms with van der Waals surface area (Å²) in [5.74, 6) is -1.39. The summed E-state index contributed by atoms with van der Waals surface area (Å²) < 4.78 is 43.1. The molecular formula is C14H18F3NO3. The van der Waals surface area contributed by atoms with Crippen LogP contribution >= 0.6 is 0 Å².